The molecule has 3 rings (SSSR count). The maximum absolute atomic E-state index is 4.44. The average Bonchev–Trinajstić information content (AvgIpc) is 2.61. The third-order valence-electron chi connectivity index (χ3n) is 3.57. The highest BCUT2D eigenvalue weighted by Crippen LogP contribution is 2.34. The number of pyridine rings is 1. The summed E-state index contributed by atoms with van der Waals surface area (Å²) in [7, 11) is 2.03. The second-order valence-corrected chi connectivity index (χ2v) is 5.29. The monoisotopic (exact) mass is 302 g/mol. The first-order valence-electron chi connectivity index (χ1n) is 7.45. The van der Waals surface area contributed by atoms with Crippen LogP contribution in [0, 0.1) is 6.92 Å². The Morgan fingerprint density at radius 2 is 1.61 bits per heavy atom. The van der Waals surface area contributed by atoms with Gasteiger partial charge in [-0.3, -0.25) is 4.98 Å². The molecular weight excluding hydrogens is 284 g/mol. The number of azo groups is 1. The quantitative estimate of drug-likeness (QED) is 0.591. The van der Waals surface area contributed by atoms with Crippen molar-refractivity contribution < 1.29 is 0 Å². The molecule has 4 heteroatoms. The molecule has 0 saturated carbocycles. The SMILES string of the molecule is Cc1ccc(N(C)c2ccccc2)c(N=Nc2ccncc2)c1. The lowest BCUT2D eigenvalue weighted by Gasteiger charge is -2.21. The van der Waals surface area contributed by atoms with Gasteiger partial charge in [-0.15, -0.1) is 5.11 Å². The molecule has 0 aliphatic heterocycles. The van der Waals surface area contributed by atoms with Gasteiger partial charge in [0.1, 0.15) is 5.69 Å². The Labute approximate surface area is 136 Å². The molecule has 0 unspecified atom stereocenters. The standard InChI is InChI=1S/C19H18N4/c1-15-8-9-19(23(2)17-6-4-3-5-7-17)18(14-15)22-21-16-10-12-20-13-11-16/h3-14H,1-2H3. The lowest BCUT2D eigenvalue weighted by atomic mass is 10.1. The van der Waals surface area contributed by atoms with Crippen LogP contribution in [0.5, 0.6) is 0 Å². The molecule has 0 N–H and O–H groups in total. The first-order chi connectivity index (χ1) is 11.2. The number of hydrogen-bond acceptors (Lipinski definition) is 4. The van der Waals surface area contributed by atoms with Crippen LogP contribution in [0.1, 0.15) is 5.56 Å². The predicted octanol–water partition coefficient (Wildman–Crippen LogP) is 5.57. The maximum atomic E-state index is 4.44. The fourth-order valence-electron chi connectivity index (χ4n) is 2.31. The molecule has 4 nitrogen and oxygen atoms in total. The van der Waals surface area contributed by atoms with E-state index in [0.29, 0.717) is 0 Å². The molecule has 114 valence electrons. The average molecular weight is 302 g/mol. The maximum Gasteiger partial charge on any atom is 0.110 e. The summed E-state index contributed by atoms with van der Waals surface area (Å²) in [6.45, 7) is 2.05. The number of aromatic nitrogens is 1. The van der Waals surface area contributed by atoms with Crippen molar-refractivity contribution in [3.8, 4) is 0 Å². The van der Waals surface area contributed by atoms with E-state index in [0.717, 1.165) is 28.3 Å². The predicted molar refractivity (Wildman–Crippen MR) is 94.1 cm³/mol. The van der Waals surface area contributed by atoms with Crippen molar-refractivity contribution in [1.82, 2.24) is 4.98 Å². The minimum Gasteiger partial charge on any atom is -0.343 e. The number of hydrogen-bond donors (Lipinski definition) is 0. The largest absolute Gasteiger partial charge is 0.343 e. The lowest BCUT2D eigenvalue weighted by molar-refractivity contribution is 1.16. The molecule has 0 aliphatic rings. The Kier molecular flexibility index (Phi) is 4.43. The summed E-state index contributed by atoms with van der Waals surface area (Å²) >= 11 is 0. The summed E-state index contributed by atoms with van der Waals surface area (Å²) in [5, 5.41) is 8.75. The van der Waals surface area contributed by atoms with Gasteiger partial charge in [-0.1, -0.05) is 24.3 Å². The van der Waals surface area contributed by atoms with E-state index < -0.39 is 0 Å². The molecule has 1 heterocycles. The van der Waals surface area contributed by atoms with Crippen LogP contribution in [0.3, 0.4) is 0 Å². The van der Waals surface area contributed by atoms with E-state index in [1.54, 1.807) is 12.4 Å². The van der Waals surface area contributed by atoms with E-state index >= 15 is 0 Å². The Hall–Kier alpha value is -3.01. The minimum absolute atomic E-state index is 0.787. The molecule has 0 spiro atoms. The van der Waals surface area contributed by atoms with Gasteiger partial charge in [0.25, 0.3) is 0 Å². The van der Waals surface area contributed by atoms with Gasteiger partial charge in [-0.05, 0) is 48.9 Å². The molecule has 23 heavy (non-hydrogen) atoms. The lowest BCUT2D eigenvalue weighted by Crippen LogP contribution is -2.09. The highest BCUT2D eigenvalue weighted by Gasteiger charge is 2.09. The van der Waals surface area contributed by atoms with Crippen molar-refractivity contribution in [2.45, 2.75) is 6.92 Å². The molecule has 0 radical (unpaired) electrons. The van der Waals surface area contributed by atoms with Gasteiger partial charge in [-0.25, -0.2) is 0 Å². The van der Waals surface area contributed by atoms with Gasteiger partial charge in [0.05, 0.1) is 11.4 Å². The van der Waals surface area contributed by atoms with E-state index in [4.69, 9.17) is 0 Å². The summed E-state index contributed by atoms with van der Waals surface area (Å²) in [5.41, 5.74) is 4.90. The van der Waals surface area contributed by atoms with Crippen molar-refractivity contribution >= 4 is 22.7 Å². The molecule has 0 fully saturated rings. The highest BCUT2D eigenvalue weighted by atomic mass is 15.2. The zero-order valence-electron chi connectivity index (χ0n) is 13.2. The summed E-state index contributed by atoms with van der Waals surface area (Å²) in [4.78, 5) is 6.10. The van der Waals surface area contributed by atoms with Crippen LogP contribution in [0.25, 0.3) is 0 Å². The molecular formula is C19H18N4. The third-order valence-corrected chi connectivity index (χ3v) is 3.57. The Balaban J connectivity index is 1.97. The van der Waals surface area contributed by atoms with Crippen LogP contribution < -0.4 is 4.90 Å². The second-order valence-electron chi connectivity index (χ2n) is 5.29. The Morgan fingerprint density at radius 1 is 0.870 bits per heavy atom. The minimum atomic E-state index is 0.787. The number of benzene rings is 2. The normalized spacial score (nSPS) is 10.9. The second kappa shape index (κ2) is 6.83. The molecule has 0 aliphatic carbocycles. The van der Waals surface area contributed by atoms with E-state index in [-0.39, 0.29) is 0 Å². The molecule has 0 amide bonds. The van der Waals surface area contributed by atoms with Gasteiger partial charge in [-0.2, -0.15) is 5.11 Å². The van der Waals surface area contributed by atoms with E-state index in [1.807, 2.05) is 43.4 Å². The van der Waals surface area contributed by atoms with Gasteiger partial charge in [0.2, 0.25) is 0 Å². The molecule has 0 atom stereocenters. The highest BCUT2D eigenvalue weighted by molar-refractivity contribution is 5.74. The Bertz CT molecular complexity index is 798. The summed E-state index contributed by atoms with van der Waals surface area (Å²) < 4.78 is 0. The molecule has 0 saturated heterocycles. The first-order valence-corrected chi connectivity index (χ1v) is 7.45. The van der Waals surface area contributed by atoms with Crippen molar-refractivity contribution in [3.63, 3.8) is 0 Å². The van der Waals surface area contributed by atoms with Crippen LogP contribution in [0.2, 0.25) is 0 Å². The number of anilines is 2. The Morgan fingerprint density at radius 3 is 2.35 bits per heavy atom. The first kappa shape index (κ1) is 14.9. The summed E-state index contributed by atoms with van der Waals surface area (Å²) in [6.07, 6.45) is 3.42. The number of para-hydroxylation sites is 1. The summed E-state index contributed by atoms with van der Waals surface area (Å²) in [6, 6.07) is 20.1. The molecule has 3 aromatic rings. The van der Waals surface area contributed by atoms with Crippen molar-refractivity contribution in [3.05, 3.63) is 78.6 Å². The van der Waals surface area contributed by atoms with E-state index in [2.05, 4.69) is 51.3 Å². The van der Waals surface area contributed by atoms with Crippen LogP contribution in [0.4, 0.5) is 22.7 Å². The van der Waals surface area contributed by atoms with Crippen LogP contribution >= 0.6 is 0 Å². The number of nitrogens with zero attached hydrogens (tertiary/aromatic N) is 4. The fourth-order valence-corrected chi connectivity index (χ4v) is 2.31. The van der Waals surface area contributed by atoms with Gasteiger partial charge in [0, 0.05) is 25.1 Å². The molecule has 1 aromatic heterocycles. The smallest absolute Gasteiger partial charge is 0.110 e. The van der Waals surface area contributed by atoms with Gasteiger partial charge < -0.3 is 4.90 Å². The third kappa shape index (κ3) is 3.61. The van der Waals surface area contributed by atoms with Gasteiger partial charge >= 0.3 is 0 Å². The summed E-state index contributed by atoms with van der Waals surface area (Å²) in [5.74, 6) is 0. The number of rotatable bonds is 4. The molecule has 0 bridgehead atoms. The molecule has 2 aromatic carbocycles. The fraction of sp³-hybridized carbons (Fsp3) is 0.105. The van der Waals surface area contributed by atoms with Crippen molar-refractivity contribution in [2.75, 3.05) is 11.9 Å². The van der Waals surface area contributed by atoms with Crippen LogP contribution in [0.15, 0.2) is 83.3 Å². The van der Waals surface area contributed by atoms with Crippen molar-refractivity contribution in [1.29, 1.82) is 0 Å². The van der Waals surface area contributed by atoms with Crippen LogP contribution in [-0.2, 0) is 0 Å². The van der Waals surface area contributed by atoms with Gasteiger partial charge in [0.15, 0.2) is 0 Å². The topological polar surface area (TPSA) is 40.9 Å². The zero-order valence-corrected chi connectivity index (χ0v) is 13.2. The number of aryl methyl sites for hydroxylation is 1. The van der Waals surface area contributed by atoms with Crippen molar-refractivity contribution in [2.24, 2.45) is 10.2 Å². The van der Waals surface area contributed by atoms with Crippen LogP contribution in [-0.4, -0.2) is 12.0 Å². The zero-order chi connectivity index (χ0) is 16.1. The van der Waals surface area contributed by atoms with E-state index in [9.17, 15) is 0 Å². The van der Waals surface area contributed by atoms with E-state index in [1.165, 1.54) is 0 Å².